The third-order valence-corrected chi connectivity index (χ3v) is 3.56. The first kappa shape index (κ1) is 15.4. The van der Waals surface area contributed by atoms with Crippen LogP contribution in [0.1, 0.15) is 66.7 Å². The molecule has 0 aromatic carbocycles. The Morgan fingerprint density at radius 1 is 1.00 bits per heavy atom. The lowest BCUT2D eigenvalue weighted by atomic mass is 9.79. The predicted molar refractivity (Wildman–Crippen MR) is 68.4 cm³/mol. The summed E-state index contributed by atoms with van der Waals surface area (Å²) in [6.45, 7) is 9.27. The van der Waals surface area contributed by atoms with Crippen molar-refractivity contribution in [1.82, 2.24) is 0 Å². The highest BCUT2D eigenvalue weighted by Gasteiger charge is 2.34. The smallest absolute Gasteiger partial charge is 0.268 e. The van der Waals surface area contributed by atoms with Gasteiger partial charge >= 0.3 is 5.97 Å². The van der Waals surface area contributed by atoms with Gasteiger partial charge in [0.15, 0.2) is 0 Å². The van der Waals surface area contributed by atoms with Crippen LogP contribution in [-0.4, -0.2) is 11.6 Å². The molecule has 0 N–H and O–H groups in total. The van der Waals surface area contributed by atoms with Crippen molar-refractivity contribution in [1.29, 1.82) is 0 Å². The number of hydrogen-bond acceptors (Lipinski definition) is 4. The van der Waals surface area contributed by atoms with E-state index in [1.165, 1.54) is 19.3 Å². The Hall–Kier alpha value is -0.610. The summed E-state index contributed by atoms with van der Waals surface area (Å²) >= 11 is 0. The van der Waals surface area contributed by atoms with Crippen LogP contribution in [0.2, 0.25) is 0 Å². The molecule has 1 aliphatic rings. The summed E-state index contributed by atoms with van der Waals surface area (Å²) in [6.07, 6.45) is 6.05. The number of rotatable bonds is 4. The topological polar surface area (TPSA) is 44.8 Å². The van der Waals surface area contributed by atoms with Crippen LogP contribution < -0.4 is 0 Å². The van der Waals surface area contributed by atoms with Crippen LogP contribution in [0.15, 0.2) is 0 Å². The Labute approximate surface area is 110 Å². The minimum absolute atomic E-state index is 0.418. The van der Waals surface area contributed by atoms with Gasteiger partial charge < -0.3 is 0 Å². The Morgan fingerprint density at radius 2 is 1.56 bits per heavy atom. The third kappa shape index (κ3) is 4.58. The fourth-order valence-corrected chi connectivity index (χ4v) is 2.13. The summed E-state index contributed by atoms with van der Waals surface area (Å²) in [5.41, 5.74) is -1.00. The first-order valence-electron chi connectivity index (χ1n) is 6.80. The molecule has 1 saturated carbocycles. The van der Waals surface area contributed by atoms with Crippen molar-refractivity contribution in [3.05, 3.63) is 0 Å². The van der Waals surface area contributed by atoms with E-state index < -0.39 is 17.0 Å². The molecule has 0 spiro atoms. The highest BCUT2D eigenvalue weighted by Crippen LogP contribution is 2.34. The van der Waals surface area contributed by atoms with Gasteiger partial charge in [-0.1, -0.05) is 19.3 Å². The molecule has 1 aliphatic carbocycles. The average Bonchev–Trinajstić information content (AvgIpc) is 2.28. The lowest BCUT2D eigenvalue weighted by Gasteiger charge is -2.34. The monoisotopic (exact) mass is 258 g/mol. The fourth-order valence-electron chi connectivity index (χ4n) is 2.13. The molecule has 18 heavy (non-hydrogen) atoms. The van der Waals surface area contributed by atoms with Crippen LogP contribution in [0.4, 0.5) is 0 Å². The van der Waals surface area contributed by atoms with Crippen LogP contribution in [0.25, 0.3) is 0 Å². The SMILES string of the molecule is CC(C)(C)C(=O)OOOC(C)(C)C1CCCCC1. The fraction of sp³-hybridized carbons (Fsp3) is 0.929. The molecule has 0 amide bonds. The first-order valence-corrected chi connectivity index (χ1v) is 6.80. The zero-order chi connectivity index (χ0) is 13.8. The molecule has 0 aromatic heterocycles. The minimum Gasteiger partial charge on any atom is -0.268 e. The standard InChI is InChI=1S/C14H26O4/c1-13(2,3)12(15)16-18-17-14(4,5)11-9-7-6-8-10-11/h11H,6-10H2,1-5H3. The van der Waals surface area contributed by atoms with Gasteiger partial charge in [-0.15, -0.1) is 0 Å². The van der Waals surface area contributed by atoms with Gasteiger partial charge in [0.2, 0.25) is 0 Å². The molecule has 4 heteroatoms. The largest absolute Gasteiger partial charge is 0.350 e. The normalized spacial score (nSPS) is 18.7. The van der Waals surface area contributed by atoms with E-state index >= 15 is 0 Å². The molecule has 106 valence electrons. The quantitative estimate of drug-likeness (QED) is 0.568. The summed E-state index contributed by atoms with van der Waals surface area (Å²) in [5, 5.41) is 4.69. The van der Waals surface area contributed by atoms with Crippen molar-refractivity contribution in [2.45, 2.75) is 72.3 Å². The summed E-state index contributed by atoms with van der Waals surface area (Å²) in [6, 6.07) is 0. The second-order valence-electron chi connectivity index (χ2n) is 6.71. The Balaban J connectivity index is 2.35. The summed E-state index contributed by atoms with van der Waals surface area (Å²) in [4.78, 5) is 21.5. The Kier molecular flexibility index (Phi) is 5.17. The van der Waals surface area contributed by atoms with Crippen molar-refractivity contribution in [2.24, 2.45) is 11.3 Å². The maximum Gasteiger partial charge on any atom is 0.350 e. The third-order valence-electron chi connectivity index (χ3n) is 3.56. The van der Waals surface area contributed by atoms with E-state index in [-0.39, 0.29) is 0 Å². The van der Waals surface area contributed by atoms with Gasteiger partial charge in [-0.25, -0.2) is 4.79 Å². The molecule has 1 fully saturated rings. The Bertz CT molecular complexity index is 272. The zero-order valence-corrected chi connectivity index (χ0v) is 12.2. The zero-order valence-electron chi connectivity index (χ0n) is 12.2. The van der Waals surface area contributed by atoms with Gasteiger partial charge in [-0.2, -0.15) is 4.89 Å². The molecule has 0 unspecified atom stereocenters. The van der Waals surface area contributed by atoms with E-state index in [1.54, 1.807) is 20.8 Å². The second kappa shape index (κ2) is 6.02. The van der Waals surface area contributed by atoms with Gasteiger partial charge in [-0.05, 0) is 58.4 Å². The van der Waals surface area contributed by atoms with E-state index in [9.17, 15) is 4.79 Å². The molecule has 0 atom stereocenters. The van der Waals surface area contributed by atoms with Crippen molar-refractivity contribution in [3.63, 3.8) is 0 Å². The van der Waals surface area contributed by atoms with E-state index in [1.807, 2.05) is 13.8 Å². The molecule has 0 radical (unpaired) electrons. The van der Waals surface area contributed by atoms with Gasteiger partial charge in [0.25, 0.3) is 0 Å². The van der Waals surface area contributed by atoms with E-state index in [0.717, 1.165) is 12.8 Å². The van der Waals surface area contributed by atoms with Crippen LogP contribution in [0.5, 0.6) is 0 Å². The first-order chi connectivity index (χ1) is 8.23. The number of carbonyl (C=O) groups is 1. The maximum atomic E-state index is 11.5. The minimum atomic E-state index is -0.585. The summed E-state index contributed by atoms with van der Waals surface area (Å²) < 4.78 is 0. The number of hydrogen-bond donors (Lipinski definition) is 0. The van der Waals surface area contributed by atoms with Gasteiger partial charge in [0.05, 0.1) is 5.41 Å². The van der Waals surface area contributed by atoms with Crippen molar-refractivity contribution in [3.8, 4) is 0 Å². The van der Waals surface area contributed by atoms with Gasteiger partial charge in [0.1, 0.15) is 5.60 Å². The molecule has 0 aromatic rings. The molecular weight excluding hydrogens is 232 g/mol. The van der Waals surface area contributed by atoms with Gasteiger partial charge in [-0.3, -0.25) is 4.89 Å². The molecule has 0 saturated heterocycles. The van der Waals surface area contributed by atoms with Crippen molar-refractivity contribution in [2.75, 3.05) is 0 Å². The molecule has 4 nitrogen and oxygen atoms in total. The van der Waals surface area contributed by atoms with Crippen molar-refractivity contribution < 1.29 is 19.6 Å². The lowest BCUT2D eigenvalue weighted by molar-refractivity contribution is -0.523. The summed E-state index contributed by atoms with van der Waals surface area (Å²) in [5.74, 6) is 0.0292. The highest BCUT2D eigenvalue weighted by atomic mass is 17.5. The number of carbonyl (C=O) groups excluding carboxylic acids is 1. The lowest BCUT2D eigenvalue weighted by Crippen LogP contribution is -2.36. The highest BCUT2D eigenvalue weighted by molar-refractivity contribution is 5.74. The van der Waals surface area contributed by atoms with Crippen LogP contribution in [0, 0.1) is 11.3 Å². The average molecular weight is 258 g/mol. The van der Waals surface area contributed by atoms with E-state index in [4.69, 9.17) is 9.93 Å². The second-order valence-corrected chi connectivity index (χ2v) is 6.71. The predicted octanol–water partition coefficient (Wildman–Crippen LogP) is 3.80. The molecule has 0 aliphatic heterocycles. The molecular formula is C14H26O4. The van der Waals surface area contributed by atoms with Gasteiger partial charge in [0, 0.05) is 0 Å². The van der Waals surface area contributed by atoms with Crippen LogP contribution in [0.3, 0.4) is 0 Å². The van der Waals surface area contributed by atoms with E-state index in [0.29, 0.717) is 5.92 Å². The van der Waals surface area contributed by atoms with E-state index in [2.05, 4.69) is 4.89 Å². The van der Waals surface area contributed by atoms with Crippen LogP contribution in [-0.2, 0) is 19.6 Å². The van der Waals surface area contributed by atoms with Crippen LogP contribution >= 0.6 is 0 Å². The molecule has 1 rings (SSSR count). The maximum absolute atomic E-state index is 11.5. The van der Waals surface area contributed by atoms with Crippen molar-refractivity contribution >= 4 is 5.97 Å². The Morgan fingerprint density at radius 3 is 2.06 bits per heavy atom. The molecule has 0 heterocycles. The molecule has 0 bridgehead atoms. The summed E-state index contributed by atoms with van der Waals surface area (Å²) in [7, 11) is 0.